The zero-order chi connectivity index (χ0) is 14.1. The highest BCUT2D eigenvalue weighted by molar-refractivity contribution is 5.05. The van der Waals surface area contributed by atoms with Gasteiger partial charge in [-0.25, -0.2) is 0 Å². The summed E-state index contributed by atoms with van der Waals surface area (Å²) in [7, 11) is 0. The zero-order valence-corrected chi connectivity index (χ0v) is 12.6. The van der Waals surface area contributed by atoms with Gasteiger partial charge in [0, 0.05) is 13.1 Å². The van der Waals surface area contributed by atoms with Crippen molar-refractivity contribution < 1.29 is 4.42 Å². The highest BCUT2D eigenvalue weighted by atomic mass is 16.3. The molecule has 1 rings (SSSR count). The Kier molecular flexibility index (Phi) is 7.79. The Morgan fingerprint density at radius 2 is 1.89 bits per heavy atom. The van der Waals surface area contributed by atoms with E-state index in [0.717, 1.165) is 38.5 Å². The molecule has 0 spiro atoms. The van der Waals surface area contributed by atoms with Crippen molar-refractivity contribution in [2.75, 3.05) is 39.3 Å². The van der Waals surface area contributed by atoms with E-state index in [0.29, 0.717) is 6.54 Å². The fraction of sp³-hybridized carbons (Fsp3) is 0.733. The summed E-state index contributed by atoms with van der Waals surface area (Å²) >= 11 is 0. The summed E-state index contributed by atoms with van der Waals surface area (Å²) in [6.45, 7) is 12.7. The lowest BCUT2D eigenvalue weighted by Crippen LogP contribution is -2.36. The van der Waals surface area contributed by atoms with Crippen LogP contribution in [-0.2, 0) is 0 Å². The van der Waals surface area contributed by atoms with E-state index in [-0.39, 0.29) is 6.04 Å². The third kappa shape index (κ3) is 4.97. The van der Waals surface area contributed by atoms with Gasteiger partial charge in [-0.1, -0.05) is 20.8 Å². The van der Waals surface area contributed by atoms with Crippen LogP contribution in [0.1, 0.15) is 39.0 Å². The van der Waals surface area contributed by atoms with Gasteiger partial charge in [-0.3, -0.25) is 4.90 Å². The monoisotopic (exact) mass is 267 g/mol. The first kappa shape index (κ1) is 16.2. The minimum absolute atomic E-state index is 0.205. The first-order valence-corrected chi connectivity index (χ1v) is 7.46. The van der Waals surface area contributed by atoms with Gasteiger partial charge in [-0.2, -0.15) is 0 Å². The first-order valence-electron chi connectivity index (χ1n) is 7.46. The van der Waals surface area contributed by atoms with Gasteiger partial charge in [0.1, 0.15) is 5.76 Å². The van der Waals surface area contributed by atoms with Crippen molar-refractivity contribution in [1.82, 2.24) is 9.80 Å². The van der Waals surface area contributed by atoms with E-state index in [4.69, 9.17) is 10.2 Å². The molecule has 110 valence electrons. The lowest BCUT2D eigenvalue weighted by molar-refractivity contribution is 0.174. The van der Waals surface area contributed by atoms with E-state index < -0.39 is 0 Å². The predicted molar refractivity (Wildman–Crippen MR) is 80.2 cm³/mol. The van der Waals surface area contributed by atoms with E-state index in [1.165, 1.54) is 6.42 Å². The molecule has 0 aliphatic heterocycles. The molecular weight excluding hydrogens is 238 g/mol. The maximum atomic E-state index is 5.91. The van der Waals surface area contributed by atoms with Gasteiger partial charge < -0.3 is 15.1 Å². The number of hydrogen-bond acceptors (Lipinski definition) is 4. The molecule has 1 heterocycles. The molecule has 0 aliphatic carbocycles. The van der Waals surface area contributed by atoms with Crippen molar-refractivity contribution in [3.8, 4) is 0 Å². The summed E-state index contributed by atoms with van der Waals surface area (Å²) in [5, 5.41) is 0. The van der Waals surface area contributed by atoms with Crippen LogP contribution in [0.25, 0.3) is 0 Å². The SMILES string of the molecule is CCN(CC)CCCN(CC)C(CN)c1ccco1. The third-order valence-electron chi connectivity index (χ3n) is 3.76. The zero-order valence-electron chi connectivity index (χ0n) is 12.6. The second kappa shape index (κ2) is 9.13. The topological polar surface area (TPSA) is 45.6 Å². The molecule has 0 fully saturated rings. The predicted octanol–water partition coefficient (Wildman–Crippen LogP) is 2.33. The molecule has 0 saturated carbocycles. The molecule has 1 unspecified atom stereocenters. The van der Waals surface area contributed by atoms with E-state index in [9.17, 15) is 0 Å². The Labute approximate surface area is 117 Å². The Morgan fingerprint density at radius 1 is 1.16 bits per heavy atom. The van der Waals surface area contributed by atoms with Crippen LogP contribution < -0.4 is 5.73 Å². The second-order valence-corrected chi connectivity index (χ2v) is 4.78. The van der Waals surface area contributed by atoms with Crippen molar-refractivity contribution in [2.24, 2.45) is 5.73 Å². The number of rotatable bonds is 10. The molecule has 1 aromatic rings. The van der Waals surface area contributed by atoms with E-state index >= 15 is 0 Å². The largest absolute Gasteiger partial charge is 0.468 e. The highest BCUT2D eigenvalue weighted by Gasteiger charge is 2.19. The summed E-state index contributed by atoms with van der Waals surface area (Å²) in [6.07, 6.45) is 2.90. The normalized spacial score (nSPS) is 13.4. The minimum Gasteiger partial charge on any atom is -0.468 e. The third-order valence-corrected chi connectivity index (χ3v) is 3.76. The second-order valence-electron chi connectivity index (χ2n) is 4.78. The van der Waals surface area contributed by atoms with Crippen molar-refractivity contribution >= 4 is 0 Å². The van der Waals surface area contributed by atoms with Gasteiger partial charge in [-0.05, 0) is 44.7 Å². The average molecular weight is 267 g/mol. The van der Waals surface area contributed by atoms with E-state index in [1.54, 1.807) is 6.26 Å². The van der Waals surface area contributed by atoms with Crippen LogP contribution >= 0.6 is 0 Å². The fourth-order valence-electron chi connectivity index (χ4n) is 2.50. The number of nitrogens with two attached hydrogens (primary N) is 1. The Balaban J connectivity index is 2.47. The van der Waals surface area contributed by atoms with Crippen LogP contribution in [0.5, 0.6) is 0 Å². The van der Waals surface area contributed by atoms with Gasteiger partial charge >= 0.3 is 0 Å². The Morgan fingerprint density at radius 3 is 2.37 bits per heavy atom. The molecule has 2 N–H and O–H groups in total. The molecule has 19 heavy (non-hydrogen) atoms. The molecule has 0 saturated heterocycles. The fourth-order valence-corrected chi connectivity index (χ4v) is 2.50. The summed E-state index contributed by atoms with van der Waals surface area (Å²) in [5.74, 6) is 0.979. The molecule has 0 radical (unpaired) electrons. The van der Waals surface area contributed by atoms with Crippen LogP contribution in [0.4, 0.5) is 0 Å². The van der Waals surface area contributed by atoms with Crippen molar-refractivity contribution in [3.63, 3.8) is 0 Å². The van der Waals surface area contributed by atoms with Crippen LogP contribution in [0, 0.1) is 0 Å². The first-order chi connectivity index (χ1) is 9.26. The van der Waals surface area contributed by atoms with Crippen LogP contribution in [0.3, 0.4) is 0 Å². The van der Waals surface area contributed by atoms with Crippen molar-refractivity contribution in [3.05, 3.63) is 24.2 Å². The van der Waals surface area contributed by atoms with Gasteiger partial charge in [0.25, 0.3) is 0 Å². The quantitative estimate of drug-likeness (QED) is 0.707. The lowest BCUT2D eigenvalue weighted by Gasteiger charge is -2.29. The van der Waals surface area contributed by atoms with Crippen LogP contribution in [-0.4, -0.2) is 49.1 Å². The van der Waals surface area contributed by atoms with Crippen molar-refractivity contribution in [2.45, 2.75) is 33.2 Å². The molecular formula is C15H29N3O. The maximum Gasteiger partial charge on any atom is 0.122 e. The number of hydrogen-bond donors (Lipinski definition) is 1. The number of likely N-dealkylation sites (N-methyl/N-ethyl adjacent to an activating group) is 1. The van der Waals surface area contributed by atoms with Gasteiger partial charge in [0.15, 0.2) is 0 Å². The molecule has 4 heteroatoms. The molecule has 1 atom stereocenters. The standard InChI is InChI=1S/C15H29N3O/c1-4-17(5-2)10-8-11-18(6-3)14(13-16)15-9-7-12-19-15/h7,9,12,14H,4-6,8,10-11,13,16H2,1-3H3. The van der Waals surface area contributed by atoms with Gasteiger partial charge in [-0.15, -0.1) is 0 Å². The number of nitrogens with zero attached hydrogens (tertiary/aromatic N) is 2. The van der Waals surface area contributed by atoms with Gasteiger partial charge in [0.05, 0.1) is 12.3 Å². The summed E-state index contributed by atoms with van der Waals surface area (Å²) in [4.78, 5) is 4.86. The van der Waals surface area contributed by atoms with Crippen LogP contribution in [0.15, 0.2) is 22.8 Å². The molecule has 1 aromatic heterocycles. The van der Waals surface area contributed by atoms with Crippen LogP contribution in [0.2, 0.25) is 0 Å². The Bertz CT molecular complexity index is 309. The van der Waals surface area contributed by atoms with E-state index in [1.807, 2.05) is 12.1 Å². The molecule has 0 bridgehead atoms. The average Bonchev–Trinajstić information content (AvgIpc) is 2.96. The van der Waals surface area contributed by atoms with Crippen molar-refractivity contribution in [1.29, 1.82) is 0 Å². The maximum absolute atomic E-state index is 5.91. The summed E-state index contributed by atoms with van der Waals surface area (Å²) in [5.41, 5.74) is 5.91. The molecule has 0 amide bonds. The molecule has 0 aromatic carbocycles. The summed E-state index contributed by atoms with van der Waals surface area (Å²) < 4.78 is 5.51. The lowest BCUT2D eigenvalue weighted by atomic mass is 10.1. The number of furan rings is 1. The smallest absolute Gasteiger partial charge is 0.122 e. The van der Waals surface area contributed by atoms with Gasteiger partial charge in [0.2, 0.25) is 0 Å². The minimum atomic E-state index is 0.205. The molecule has 0 aliphatic rings. The highest BCUT2D eigenvalue weighted by Crippen LogP contribution is 2.20. The summed E-state index contributed by atoms with van der Waals surface area (Å²) in [6, 6.07) is 4.16. The Hall–Kier alpha value is -0.840. The van der Waals surface area contributed by atoms with E-state index in [2.05, 4.69) is 30.6 Å². The molecule has 4 nitrogen and oxygen atoms in total.